The molecule has 6 atom stereocenters. The minimum Gasteiger partial charge on any atom is -0.342 e. The fourth-order valence-corrected chi connectivity index (χ4v) is 8.17. The smallest absolute Gasteiger partial charge is 0.250 e. The first kappa shape index (κ1) is 20.9. The zero-order chi connectivity index (χ0) is 21.1. The van der Waals surface area contributed by atoms with Crippen LogP contribution in [0.15, 0.2) is 11.1 Å². The van der Waals surface area contributed by atoms with Gasteiger partial charge in [-0.05, 0) is 82.5 Å². The van der Waals surface area contributed by atoms with Crippen LogP contribution in [0.4, 0.5) is 0 Å². The fraction of sp³-hybridized carbons (Fsp3) is 0.840. The Bertz CT molecular complexity index is 739. The number of likely N-dealkylation sites (N-methyl/N-ethyl adjacent to an activating group) is 1. The number of amides is 2. The first-order valence-corrected chi connectivity index (χ1v) is 11.9. The van der Waals surface area contributed by atoms with Crippen LogP contribution in [0.1, 0.15) is 79.6 Å². The summed E-state index contributed by atoms with van der Waals surface area (Å²) < 4.78 is 0. The Morgan fingerprint density at radius 1 is 1.10 bits per heavy atom. The molecule has 1 aliphatic heterocycles. The lowest BCUT2D eigenvalue weighted by atomic mass is 9.47. The minimum atomic E-state index is 0.0323. The lowest BCUT2D eigenvalue weighted by Gasteiger charge is -2.61. The van der Waals surface area contributed by atoms with Crippen molar-refractivity contribution in [2.75, 3.05) is 20.1 Å². The predicted octanol–water partition coefficient (Wildman–Crippen LogP) is 4.64. The number of fused-ring (bicyclic) bond motifs is 5. The Labute approximate surface area is 177 Å². The van der Waals surface area contributed by atoms with Crippen molar-refractivity contribution >= 4 is 11.8 Å². The SMILES string of the molecule is CCN(CC)C(=O)C1=C(C)C[C@H]2[C@@H]3CC[C@H]4N(C)C(=O)CC[C@]4(C)[C@H]3CC[C@]12C. The Hall–Kier alpha value is -1.32. The molecule has 1 saturated heterocycles. The molecule has 0 N–H and O–H groups in total. The lowest BCUT2D eigenvalue weighted by molar-refractivity contribution is -0.157. The lowest BCUT2D eigenvalue weighted by Crippen LogP contribution is -2.61. The van der Waals surface area contributed by atoms with E-state index in [0.717, 1.165) is 44.3 Å². The van der Waals surface area contributed by atoms with E-state index in [0.29, 0.717) is 42.0 Å². The maximum absolute atomic E-state index is 13.4. The summed E-state index contributed by atoms with van der Waals surface area (Å²) in [6, 6.07) is 0.404. The van der Waals surface area contributed by atoms with Gasteiger partial charge in [0.2, 0.25) is 11.8 Å². The highest BCUT2D eigenvalue weighted by Crippen LogP contribution is 2.66. The molecule has 29 heavy (non-hydrogen) atoms. The molecule has 4 nitrogen and oxygen atoms in total. The van der Waals surface area contributed by atoms with Gasteiger partial charge in [0, 0.05) is 43.6 Å². The molecule has 0 aromatic heterocycles. The molecule has 162 valence electrons. The van der Waals surface area contributed by atoms with Gasteiger partial charge in [-0.25, -0.2) is 0 Å². The van der Waals surface area contributed by atoms with Crippen molar-refractivity contribution in [1.29, 1.82) is 0 Å². The second-order valence-corrected chi connectivity index (χ2v) is 10.8. The Balaban J connectivity index is 1.64. The van der Waals surface area contributed by atoms with Crippen LogP contribution in [-0.4, -0.2) is 47.8 Å². The predicted molar refractivity (Wildman–Crippen MR) is 116 cm³/mol. The second-order valence-electron chi connectivity index (χ2n) is 10.8. The molecule has 0 spiro atoms. The number of likely N-dealkylation sites (tertiary alicyclic amines) is 1. The van der Waals surface area contributed by atoms with Gasteiger partial charge >= 0.3 is 0 Å². The van der Waals surface area contributed by atoms with E-state index in [2.05, 4.69) is 39.5 Å². The number of hydrogen-bond donors (Lipinski definition) is 0. The van der Waals surface area contributed by atoms with Gasteiger partial charge < -0.3 is 9.80 Å². The number of nitrogens with zero attached hydrogens (tertiary/aromatic N) is 2. The van der Waals surface area contributed by atoms with Crippen LogP contribution in [0.5, 0.6) is 0 Å². The van der Waals surface area contributed by atoms with Gasteiger partial charge in [-0.1, -0.05) is 19.4 Å². The molecule has 0 bridgehead atoms. The van der Waals surface area contributed by atoms with Gasteiger partial charge in [-0.15, -0.1) is 0 Å². The third kappa shape index (κ3) is 2.84. The van der Waals surface area contributed by atoms with Crippen molar-refractivity contribution < 1.29 is 9.59 Å². The summed E-state index contributed by atoms with van der Waals surface area (Å²) in [5.74, 6) is 2.59. The van der Waals surface area contributed by atoms with Crippen molar-refractivity contribution in [3.63, 3.8) is 0 Å². The molecule has 0 aromatic rings. The second kappa shape index (κ2) is 7.13. The average Bonchev–Trinajstić information content (AvgIpc) is 2.96. The molecule has 2 amide bonds. The minimum absolute atomic E-state index is 0.0323. The van der Waals surface area contributed by atoms with Gasteiger partial charge in [0.1, 0.15) is 0 Å². The number of carbonyl (C=O) groups is 2. The molecule has 3 aliphatic carbocycles. The maximum atomic E-state index is 13.4. The molecule has 2 saturated carbocycles. The normalized spacial score (nSPS) is 41.7. The first-order chi connectivity index (χ1) is 13.7. The number of allylic oxidation sites excluding steroid dienone is 1. The number of rotatable bonds is 3. The van der Waals surface area contributed by atoms with E-state index < -0.39 is 0 Å². The first-order valence-electron chi connectivity index (χ1n) is 11.9. The highest BCUT2D eigenvalue weighted by molar-refractivity contribution is 5.96. The van der Waals surface area contributed by atoms with Crippen molar-refractivity contribution in [3.8, 4) is 0 Å². The van der Waals surface area contributed by atoms with Crippen LogP contribution in [0, 0.1) is 28.6 Å². The zero-order valence-electron chi connectivity index (χ0n) is 19.4. The van der Waals surface area contributed by atoms with E-state index >= 15 is 0 Å². The average molecular weight is 401 g/mol. The van der Waals surface area contributed by atoms with Crippen LogP contribution in [0.2, 0.25) is 0 Å². The van der Waals surface area contributed by atoms with Gasteiger partial charge in [-0.2, -0.15) is 0 Å². The summed E-state index contributed by atoms with van der Waals surface area (Å²) in [6.07, 6.45) is 7.51. The van der Waals surface area contributed by atoms with E-state index in [9.17, 15) is 9.59 Å². The number of hydrogen-bond acceptors (Lipinski definition) is 2. The molecule has 0 radical (unpaired) electrons. The number of piperidine rings is 1. The monoisotopic (exact) mass is 400 g/mol. The summed E-state index contributed by atoms with van der Waals surface area (Å²) in [5, 5.41) is 0. The molecular weight excluding hydrogens is 360 g/mol. The molecule has 0 unspecified atom stereocenters. The van der Waals surface area contributed by atoms with E-state index in [1.54, 1.807) is 0 Å². The highest BCUT2D eigenvalue weighted by Gasteiger charge is 2.61. The highest BCUT2D eigenvalue weighted by atomic mass is 16.2. The third-order valence-electron chi connectivity index (χ3n) is 9.74. The number of carbonyl (C=O) groups excluding carboxylic acids is 2. The van der Waals surface area contributed by atoms with Crippen LogP contribution >= 0.6 is 0 Å². The topological polar surface area (TPSA) is 40.6 Å². The van der Waals surface area contributed by atoms with Crippen molar-refractivity contribution in [2.24, 2.45) is 28.6 Å². The van der Waals surface area contributed by atoms with Crippen LogP contribution in [0.3, 0.4) is 0 Å². The van der Waals surface area contributed by atoms with Gasteiger partial charge in [0.25, 0.3) is 0 Å². The van der Waals surface area contributed by atoms with E-state index in [1.165, 1.54) is 18.4 Å². The summed E-state index contributed by atoms with van der Waals surface area (Å²) >= 11 is 0. The van der Waals surface area contributed by atoms with E-state index in [4.69, 9.17) is 0 Å². The van der Waals surface area contributed by atoms with Gasteiger partial charge in [0.15, 0.2) is 0 Å². The summed E-state index contributed by atoms with van der Waals surface area (Å²) in [6.45, 7) is 12.8. The van der Waals surface area contributed by atoms with Crippen LogP contribution in [0.25, 0.3) is 0 Å². The standard InChI is InChI=1S/C25H40N2O2/c1-7-27(8-2)23(29)22-16(3)15-19-17-9-10-20-24(4,14-12-21(28)26(20)6)18(17)11-13-25(19,22)5/h17-20H,7-15H2,1-6H3/t17-,18+,19+,20-,24-,25+/m1/s1. The maximum Gasteiger partial charge on any atom is 0.250 e. The quantitative estimate of drug-likeness (QED) is 0.692. The summed E-state index contributed by atoms with van der Waals surface area (Å²) in [5.41, 5.74) is 2.77. The van der Waals surface area contributed by atoms with Crippen molar-refractivity contribution in [2.45, 2.75) is 85.6 Å². The largest absolute Gasteiger partial charge is 0.342 e. The molecular formula is C25H40N2O2. The molecule has 4 aliphatic rings. The van der Waals surface area contributed by atoms with Crippen molar-refractivity contribution in [3.05, 3.63) is 11.1 Å². The Kier molecular flexibility index (Phi) is 5.15. The van der Waals surface area contributed by atoms with E-state index in [1.807, 2.05) is 11.9 Å². The van der Waals surface area contributed by atoms with Crippen LogP contribution < -0.4 is 0 Å². The molecule has 0 aromatic carbocycles. The summed E-state index contributed by atoms with van der Waals surface area (Å²) in [4.78, 5) is 29.9. The fourth-order valence-electron chi connectivity index (χ4n) is 8.17. The molecule has 1 heterocycles. The Morgan fingerprint density at radius 2 is 1.79 bits per heavy atom. The summed E-state index contributed by atoms with van der Waals surface area (Å²) in [7, 11) is 2.03. The molecule has 3 fully saturated rings. The third-order valence-corrected chi connectivity index (χ3v) is 9.74. The van der Waals surface area contributed by atoms with Gasteiger partial charge in [-0.3, -0.25) is 9.59 Å². The molecule has 4 rings (SSSR count). The van der Waals surface area contributed by atoms with Gasteiger partial charge in [0.05, 0.1) is 0 Å². The van der Waals surface area contributed by atoms with Crippen molar-refractivity contribution in [1.82, 2.24) is 9.80 Å². The van der Waals surface area contributed by atoms with E-state index in [-0.39, 0.29) is 10.8 Å². The van der Waals surface area contributed by atoms with Crippen LogP contribution in [-0.2, 0) is 9.59 Å². The Morgan fingerprint density at radius 3 is 2.45 bits per heavy atom. The molecule has 4 heteroatoms. The zero-order valence-corrected chi connectivity index (χ0v) is 19.4.